The van der Waals surface area contributed by atoms with Crippen LogP contribution in [0.3, 0.4) is 0 Å². The molecule has 0 aromatic heterocycles. The van der Waals surface area contributed by atoms with E-state index in [1.165, 1.54) is 0 Å². The van der Waals surface area contributed by atoms with Crippen LogP contribution in [0, 0.1) is 5.92 Å². The van der Waals surface area contributed by atoms with Gasteiger partial charge < -0.3 is 14.9 Å². The molecule has 0 amide bonds. The zero-order valence-corrected chi connectivity index (χ0v) is 6.58. The largest absolute Gasteiger partial charge is 0.396 e. The van der Waals surface area contributed by atoms with Gasteiger partial charge in [0.2, 0.25) is 0 Å². The molecule has 10 heavy (non-hydrogen) atoms. The summed E-state index contributed by atoms with van der Waals surface area (Å²) in [5.74, 6) is 0.0185. The van der Waals surface area contributed by atoms with Gasteiger partial charge in [0.25, 0.3) is 0 Å². The summed E-state index contributed by atoms with van der Waals surface area (Å²) in [4.78, 5) is 0. The molecule has 0 spiro atoms. The first-order chi connectivity index (χ1) is 4.76. The van der Waals surface area contributed by atoms with Gasteiger partial charge in [-0.25, -0.2) is 0 Å². The van der Waals surface area contributed by atoms with Crippen molar-refractivity contribution in [2.24, 2.45) is 5.92 Å². The van der Waals surface area contributed by atoms with Gasteiger partial charge in [0, 0.05) is 19.1 Å². The second-order valence-corrected chi connectivity index (χ2v) is 2.34. The van der Waals surface area contributed by atoms with Crippen LogP contribution in [-0.2, 0) is 4.74 Å². The van der Waals surface area contributed by atoms with E-state index in [4.69, 9.17) is 14.9 Å². The molecule has 3 nitrogen and oxygen atoms in total. The maximum Gasteiger partial charge on any atom is 0.0852 e. The molecule has 0 aromatic rings. The van der Waals surface area contributed by atoms with Crippen LogP contribution >= 0.6 is 0 Å². The summed E-state index contributed by atoms with van der Waals surface area (Å²) in [6.45, 7) is 4.33. The molecule has 3 heteroatoms. The normalized spacial score (nSPS) is 16.8. The monoisotopic (exact) mass is 148 g/mol. The number of rotatable bonds is 5. The Labute approximate surface area is 61.6 Å². The Morgan fingerprint density at radius 1 is 1.30 bits per heavy atom. The molecule has 0 aliphatic rings. The molecule has 0 unspecified atom stereocenters. The van der Waals surface area contributed by atoms with E-state index >= 15 is 0 Å². The van der Waals surface area contributed by atoms with Gasteiger partial charge in [0.15, 0.2) is 0 Å². The maximum atomic E-state index is 8.72. The SMILES string of the molecule is CCO[C@H](CO)[C@H](C)CO. The third kappa shape index (κ3) is 3.15. The minimum absolute atomic E-state index is 0.0183. The maximum absolute atomic E-state index is 8.72. The highest BCUT2D eigenvalue weighted by Gasteiger charge is 2.14. The Morgan fingerprint density at radius 3 is 2.20 bits per heavy atom. The van der Waals surface area contributed by atoms with Crippen molar-refractivity contribution in [2.45, 2.75) is 20.0 Å². The molecule has 0 saturated heterocycles. The van der Waals surface area contributed by atoms with Crippen molar-refractivity contribution in [1.82, 2.24) is 0 Å². The van der Waals surface area contributed by atoms with E-state index in [0.717, 1.165) is 0 Å². The molecule has 0 bridgehead atoms. The summed E-state index contributed by atoms with van der Waals surface area (Å²) in [6.07, 6.45) is -0.213. The lowest BCUT2D eigenvalue weighted by Crippen LogP contribution is -2.28. The predicted molar refractivity (Wildman–Crippen MR) is 38.7 cm³/mol. The summed E-state index contributed by atoms with van der Waals surface area (Å²) in [6, 6.07) is 0. The Bertz CT molecular complexity index is 75.3. The molecule has 62 valence electrons. The first kappa shape index (κ1) is 9.88. The number of aliphatic hydroxyl groups is 2. The number of hydrogen-bond acceptors (Lipinski definition) is 3. The van der Waals surface area contributed by atoms with Gasteiger partial charge in [0.1, 0.15) is 0 Å². The number of hydrogen-bond donors (Lipinski definition) is 2. The summed E-state index contributed by atoms with van der Waals surface area (Å²) in [5.41, 5.74) is 0. The van der Waals surface area contributed by atoms with Gasteiger partial charge in [-0.3, -0.25) is 0 Å². The highest BCUT2D eigenvalue weighted by atomic mass is 16.5. The van der Waals surface area contributed by atoms with Gasteiger partial charge in [-0.15, -0.1) is 0 Å². The number of aliphatic hydroxyl groups excluding tert-OH is 2. The molecular formula is C7H16O3. The van der Waals surface area contributed by atoms with E-state index < -0.39 is 0 Å². The highest BCUT2D eigenvalue weighted by Crippen LogP contribution is 2.05. The highest BCUT2D eigenvalue weighted by molar-refractivity contribution is 4.63. The van der Waals surface area contributed by atoms with Crippen molar-refractivity contribution in [3.05, 3.63) is 0 Å². The zero-order chi connectivity index (χ0) is 7.98. The predicted octanol–water partition coefficient (Wildman–Crippen LogP) is 0.0122. The Hall–Kier alpha value is -0.120. The van der Waals surface area contributed by atoms with Crippen molar-refractivity contribution in [3.8, 4) is 0 Å². The van der Waals surface area contributed by atoms with Crippen molar-refractivity contribution in [1.29, 1.82) is 0 Å². The van der Waals surface area contributed by atoms with E-state index in [0.29, 0.717) is 6.61 Å². The molecule has 2 atom stereocenters. The first-order valence-electron chi connectivity index (χ1n) is 3.59. The van der Waals surface area contributed by atoms with E-state index in [1.54, 1.807) is 0 Å². The second kappa shape index (κ2) is 5.65. The average Bonchev–Trinajstić information content (AvgIpc) is 1.99. The summed E-state index contributed by atoms with van der Waals surface area (Å²) < 4.78 is 5.13. The minimum atomic E-state index is -0.213. The minimum Gasteiger partial charge on any atom is -0.396 e. The third-order valence-electron chi connectivity index (χ3n) is 1.48. The summed E-state index contributed by atoms with van der Waals surface area (Å²) >= 11 is 0. The molecule has 0 fully saturated rings. The fourth-order valence-electron chi connectivity index (χ4n) is 0.729. The Balaban J connectivity index is 3.56. The van der Waals surface area contributed by atoms with E-state index in [9.17, 15) is 0 Å². The van der Waals surface area contributed by atoms with Crippen molar-refractivity contribution in [2.75, 3.05) is 19.8 Å². The summed E-state index contributed by atoms with van der Waals surface area (Å²) in [7, 11) is 0. The smallest absolute Gasteiger partial charge is 0.0852 e. The first-order valence-corrected chi connectivity index (χ1v) is 3.59. The number of ether oxygens (including phenoxy) is 1. The molecule has 0 heterocycles. The van der Waals surface area contributed by atoms with Crippen LogP contribution < -0.4 is 0 Å². The van der Waals surface area contributed by atoms with Crippen LogP contribution in [0.2, 0.25) is 0 Å². The Kier molecular flexibility index (Phi) is 5.58. The Morgan fingerprint density at radius 2 is 1.90 bits per heavy atom. The van der Waals surface area contributed by atoms with Gasteiger partial charge in [0.05, 0.1) is 12.7 Å². The molecule has 2 N–H and O–H groups in total. The van der Waals surface area contributed by atoms with E-state index in [1.807, 2.05) is 13.8 Å². The second-order valence-electron chi connectivity index (χ2n) is 2.34. The van der Waals surface area contributed by atoms with Gasteiger partial charge in [-0.2, -0.15) is 0 Å². The standard InChI is InChI=1S/C7H16O3/c1-3-10-7(5-9)6(2)4-8/h6-9H,3-5H2,1-2H3/t6-,7-/m1/s1. The average molecular weight is 148 g/mol. The molecule has 0 aliphatic heterocycles. The molecule has 0 saturated carbocycles. The summed E-state index contributed by atoms with van der Waals surface area (Å²) in [5, 5.41) is 17.4. The fraction of sp³-hybridized carbons (Fsp3) is 1.00. The lowest BCUT2D eigenvalue weighted by atomic mass is 10.1. The lowest BCUT2D eigenvalue weighted by Gasteiger charge is -2.19. The van der Waals surface area contributed by atoms with Gasteiger partial charge >= 0.3 is 0 Å². The fourth-order valence-corrected chi connectivity index (χ4v) is 0.729. The van der Waals surface area contributed by atoms with Gasteiger partial charge in [-0.1, -0.05) is 6.92 Å². The van der Waals surface area contributed by atoms with Crippen LogP contribution in [0.1, 0.15) is 13.8 Å². The van der Waals surface area contributed by atoms with Crippen molar-refractivity contribution >= 4 is 0 Å². The van der Waals surface area contributed by atoms with Crippen molar-refractivity contribution < 1.29 is 14.9 Å². The topological polar surface area (TPSA) is 49.7 Å². The third-order valence-corrected chi connectivity index (χ3v) is 1.48. The van der Waals surface area contributed by atoms with Crippen LogP contribution in [0.5, 0.6) is 0 Å². The zero-order valence-electron chi connectivity index (χ0n) is 6.58. The van der Waals surface area contributed by atoms with Crippen LogP contribution in [0.25, 0.3) is 0 Å². The molecule has 0 aromatic carbocycles. The quantitative estimate of drug-likeness (QED) is 0.577. The molecule has 0 radical (unpaired) electrons. The lowest BCUT2D eigenvalue weighted by molar-refractivity contribution is -0.0266. The van der Waals surface area contributed by atoms with Crippen molar-refractivity contribution in [3.63, 3.8) is 0 Å². The van der Waals surface area contributed by atoms with E-state index in [-0.39, 0.29) is 25.2 Å². The van der Waals surface area contributed by atoms with Gasteiger partial charge in [-0.05, 0) is 6.92 Å². The van der Waals surface area contributed by atoms with Crippen LogP contribution in [0.4, 0.5) is 0 Å². The molecular weight excluding hydrogens is 132 g/mol. The molecule has 0 rings (SSSR count). The van der Waals surface area contributed by atoms with Crippen LogP contribution in [-0.4, -0.2) is 36.1 Å². The van der Waals surface area contributed by atoms with Crippen LogP contribution in [0.15, 0.2) is 0 Å². The molecule has 0 aliphatic carbocycles. The van der Waals surface area contributed by atoms with E-state index in [2.05, 4.69) is 0 Å².